The van der Waals surface area contributed by atoms with Crippen LogP contribution in [-0.4, -0.2) is 23.8 Å². The molecular weight excluding hydrogens is 284 g/mol. The van der Waals surface area contributed by atoms with Crippen molar-refractivity contribution in [3.05, 3.63) is 22.4 Å². The first kappa shape index (κ1) is 16.3. The van der Waals surface area contributed by atoms with Gasteiger partial charge in [0.2, 0.25) is 0 Å². The van der Waals surface area contributed by atoms with Gasteiger partial charge >= 0.3 is 6.09 Å². The Kier molecular flexibility index (Phi) is 5.27. The Morgan fingerprint density at radius 3 is 2.71 bits per heavy atom. The maximum atomic E-state index is 11.8. The van der Waals surface area contributed by atoms with E-state index < -0.39 is 5.60 Å². The monoisotopic (exact) mass is 310 g/mol. The fourth-order valence-electron chi connectivity index (χ4n) is 2.71. The number of nitrogens with one attached hydrogen (secondary N) is 2. The highest BCUT2D eigenvalue weighted by atomic mass is 32.1. The van der Waals surface area contributed by atoms with Crippen molar-refractivity contribution in [3.8, 4) is 0 Å². The molecular formula is C16H26N2O2S. The van der Waals surface area contributed by atoms with E-state index in [9.17, 15) is 4.79 Å². The van der Waals surface area contributed by atoms with Crippen LogP contribution in [0.5, 0.6) is 0 Å². The molecule has 1 saturated carbocycles. The molecule has 1 aromatic rings. The zero-order chi connectivity index (χ0) is 15.5. The first-order chi connectivity index (χ1) is 9.83. The second kappa shape index (κ2) is 6.79. The number of carbonyl (C=O) groups excluding carboxylic acids is 1. The molecule has 5 heteroatoms. The standard InChI is InChI=1S/C16H26N2O2S/c1-11(14-6-5-9-21-14)17-12-7-8-13(10-12)18-15(19)20-16(2,3)4/h5-6,9,11-13,17H,7-8,10H2,1-4H3,(H,18,19). The lowest BCUT2D eigenvalue weighted by Gasteiger charge is -2.22. The van der Waals surface area contributed by atoms with Crippen LogP contribution in [0.1, 0.15) is 57.9 Å². The van der Waals surface area contributed by atoms with Crippen LogP contribution in [0.25, 0.3) is 0 Å². The molecule has 3 atom stereocenters. The summed E-state index contributed by atoms with van der Waals surface area (Å²) in [6.45, 7) is 7.84. The Morgan fingerprint density at radius 1 is 1.38 bits per heavy atom. The number of thiophene rings is 1. The lowest BCUT2D eigenvalue weighted by atomic mass is 10.2. The number of rotatable bonds is 4. The molecule has 2 rings (SSSR count). The molecule has 0 bridgehead atoms. The molecule has 0 aromatic carbocycles. The van der Waals surface area contributed by atoms with Gasteiger partial charge in [0.1, 0.15) is 5.60 Å². The van der Waals surface area contributed by atoms with Crippen molar-refractivity contribution in [2.45, 2.75) is 70.7 Å². The highest BCUT2D eigenvalue weighted by Gasteiger charge is 2.28. The molecule has 1 amide bonds. The van der Waals surface area contributed by atoms with E-state index in [0.717, 1.165) is 19.3 Å². The minimum absolute atomic E-state index is 0.216. The van der Waals surface area contributed by atoms with Crippen LogP contribution in [-0.2, 0) is 4.74 Å². The molecule has 118 valence electrons. The first-order valence-corrected chi connectivity index (χ1v) is 8.50. The van der Waals surface area contributed by atoms with Gasteiger partial charge < -0.3 is 15.4 Å². The fourth-order valence-corrected chi connectivity index (χ4v) is 3.46. The summed E-state index contributed by atoms with van der Waals surface area (Å²) in [5, 5.41) is 8.73. The Bertz CT molecular complexity index is 453. The molecule has 4 nitrogen and oxygen atoms in total. The molecule has 3 unspecified atom stereocenters. The first-order valence-electron chi connectivity index (χ1n) is 7.62. The molecule has 21 heavy (non-hydrogen) atoms. The summed E-state index contributed by atoms with van der Waals surface area (Å²) in [5.74, 6) is 0. The molecule has 1 aliphatic rings. The highest BCUT2D eigenvalue weighted by Crippen LogP contribution is 2.25. The van der Waals surface area contributed by atoms with E-state index in [0.29, 0.717) is 12.1 Å². The maximum Gasteiger partial charge on any atom is 0.407 e. The molecule has 1 aliphatic carbocycles. The van der Waals surface area contributed by atoms with E-state index >= 15 is 0 Å². The topological polar surface area (TPSA) is 50.4 Å². The van der Waals surface area contributed by atoms with Gasteiger partial charge in [-0.15, -0.1) is 11.3 Å². The molecule has 2 N–H and O–H groups in total. The maximum absolute atomic E-state index is 11.8. The van der Waals surface area contributed by atoms with Crippen molar-refractivity contribution in [2.75, 3.05) is 0 Å². The average Bonchev–Trinajstić information content (AvgIpc) is 2.97. The van der Waals surface area contributed by atoms with Gasteiger partial charge in [0.05, 0.1) is 0 Å². The second-order valence-electron chi connectivity index (χ2n) is 6.76. The van der Waals surface area contributed by atoms with Gasteiger partial charge in [0.25, 0.3) is 0 Å². The van der Waals surface area contributed by atoms with E-state index in [1.165, 1.54) is 4.88 Å². The molecule has 0 saturated heterocycles. The van der Waals surface area contributed by atoms with Gasteiger partial charge in [-0.2, -0.15) is 0 Å². The Hall–Kier alpha value is -1.07. The molecule has 1 fully saturated rings. The summed E-state index contributed by atoms with van der Waals surface area (Å²) >= 11 is 1.78. The number of amides is 1. The van der Waals surface area contributed by atoms with Crippen molar-refractivity contribution >= 4 is 17.4 Å². The van der Waals surface area contributed by atoms with Crippen LogP contribution in [0.15, 0.2) is 17.5 Å². The van der Waals surface area contributed by atoms with Gasteiger partial charge in [-0.3, -0.25) is 0 Å². The van der Waals surface area contributed by atoms with Gasteiger partial charge in [-0.05, 0) is 58.4 Å². The van der Waals surface area contributed by atoms with Crippen LogP contribution >= 0.6 is 11.3 Å². The highest BCUT2D eigenvalue weighted by molar-refractivity contribution is 7.10. The lowest BCUT2D eigenvalue weighted by molar-refractivity contribution is 0.0505. The van der Waals surface area contributed by atoms with E-state index in [4.69, 9.17) is 4.74 Å². The third-order valence-electron chi connectivity index (χ3n) is 3.61. The zero-order valence-corrected chi connectivity index (χ0v) is 14.1. The number of alkyl carbamates (subject to hydrolysis) is 1. The number of carbonyl (C=O) groups is 1. The largest absolute Gasteiger partial charge is 0.444 e. The normalized spacial score (nSPS) is 23.8. The van der Waals surface area contributed by atoms with Gasteiger partial charge in [0.15, 0.2) is 0 Å². The molecule has 1 aromatic heterocycles. The van der Waals surface area contributed by atoms with E-state index in [1.54, 1.807) is 11.3 Å². The van der Waals surface area contributed by atoms with Crippen molar-refractivity contribution in [2.24, 2.45) is 0 Å². The van der Waals surface area contributed by atoms with Crippen molar-refractivity contribution in [1.29, 1.82) is 0 Å². The van der Waals surface area contributed by atoms with Gasteiger partial charge in [-0.1, -0.05) is 6.07 Å². The number of hydrogen-bond donors (Lipinski definition) is 2. The van der Waals surface area contributed by atoms with E-state index in [-0.39, 0.29) is 12.1 Å². The Labute approximate surface area is 131 Å². The minimum atomic E-state index is -0.436. The average molecular weight is 310 g/mol. The SMILES string of the molecule is CC(NC1CCC(NC(=O)OC(C)(C)C)C1)c1cccs1. The number of ether oxygens (including phenoxy) is 1. The smallest absolute Gasteiger partial charge is 0.407 e. The number of hydrogen-bond acceptors (Lipinski definition) is 4. The molecule has 1 heterocycles. The van der Waals surface area contributed by atoms with Gasteiger partial charge in [0, 0.05) is 23.0 Å². The second-order valence-corrected chi connectivity index (χ2v) is 7.74. The van der Waals surface area contributed by atoms with Crippen LogP contribution in [0, 0.1) is 0 Å². The summed E-state index contributed by atoms with van der Waals surface area (Å²) < 4.78 is 5.31. The van der Waals surface area contributed by atoms with Crippen molar-refractivity contribution in [3.63, 3.8) is 0 Å². The zero-order valence-electron chi connectivity index (χ0n) is 13.3. The predicted molar refractivity (Wildman–Crippen MR) is 86.7 cm³/mol. The molecule has 0 aliphatic heterocycles. The minimum Gasteiger partial charge on any atom is -0.444 e. The predicted octanol–water partition coefficient (Wildman–Crippen LogP) is 3.84. The molecule has 0 spiro atoms. The van der Waals surface area contributed by atoms with E-state index in [1.807, 2.05) is 20.8 Å². The molecule has 0 radical (unpaired) electrons. The Morgan fingerprint density at radius 2 is 2.10 bits per heavy atom. The summed E-state index contributed by atoms with van der Waals surface area (Å²) in [6.07, 6.45) is 2.76. The summed E-state index contributed by atoms with van der Waals surface area (Å²) in [5.41, 5.74) is -0.436. The van der Waals surface area contributed by atoms with Gasteiger partial charge in [-0.25, -0.2) is 4.79 Å². The third-order valence-corrected chi connectivity index (χ3v) is 4.66. The van der Waals surface area contributed by atoms with Crippen LogP contribution < -0.4 is 10.6 Å². The summed E-state index contributed by atoms with van der Waals surface area (Å²) in [6, 6.07) is 5.29. The van der Waals surface area contributed by atoms with Crippen molar-refractivity contribution in [1.82, 2.24) is 10.6 Å². The van der Waals surface area contributed by atoms with Crippen LogP contribution in [0.3, 0.4) is 0 Å². The lowest BCUT2D eigenvalue weighted by Crippen LogP contribution is -2.39. The quantitative estimate of drug-likeness (QED) is 0.888. The van der Waals surface area contributed by atoms with Crippen molar-refractivity contribution < 1.29 is 9.53 Å². The fraction of sp³-hybridized carbons (Fsp3) is 0.688. The third kappa shape index (κ3) is 5.32. The van der Waals surface area contributed by atoms with Crippen LogP contribution in [0.2, 0.25) is 0 Å². The van der Waals surface area contributed by atoms with Crippen LogP contribution in [0.4, 0.5) is 4.79 Å². The van der Waals surface area contributed by atoms with E-state index in [2.05, 4.69) is 35.1 Å². The Balaban J connectivity index is 1.75. The summed E-state index contributed by atoms with van der Waals surface area (Å²) in [4.78, 5) is 13.1. The summed E-state index contributed by atoms with van der Waals surface area (Å²) in [7, 11) is 0.